The van der Waals surface area contributed by atoms with E-state index in [0.717, 1.165) is 0 Å². The van der Waals surface area contributed by atoms with Crippen LogP contribution in [0.1, 0.15) is 0 Å². The fourth-order valence-corrected chi connectivity index (χ4v) is 1.39. The van der Waals surface area contributed by atoms with Crippen LogP contribution in [0.2, 0.25) is 0 Å². The van der Waals surface area contributed by atoms with Gasteiger partial charge in [-0.2, -0.15) is 0 Å². The number of amides is 1. The van der Waals surface area contributed by atoms with Gasteiger partial charge in [0, 0.05) is 12.4 Å². The number of anilines is 1. The second-order valence-corrected chi connectivity index (χ2v) is 3.92. The number of nitrogens with one attached hydrogen (secondary N) is 1. The van der Waals surface area contributed by atoms with Crippen LogP contribution in [0.15, 0.2) is 18.5 Å². The minimum atomic E-state index is -0.567. The average molecular weight is 296 g/mol. The summed E-state index contributed by atoms with van der Waals surface area (Å²) in [6, 6.07) is 1.61. The lowest BCUT2D eigenvalue weighted by molar-refractivity contribution is -0.145. The fraction of sp³-hybridized carbons (Fsp3) is 0.417. The van der Waals surface area contributed by atoms with Crippen molar-refractivity contribution in [2.75, 3.05) is 39.2 Å². The van der Waals surface area contributed by atoms with Gasteiger partial charge in [0.1, 0.15) is 0 Å². The maximum atomic E-state index is 11.8. The molecule has 0 saturated carbocycles. The Morgan fingerprint density at radius 2 is 1.57 bits per heavy atom. The number of hydrogen-bond donors (Lipinski definition) is 1. The Bertz CT molecular complexity index is 476. The number of ether oxygens (including phenoxy) is 2. The Morgan fingerprint density at radius 1 is 1.05 bits per heavy atom. The molecular weight excluding hydrogens is 280 g/mol. The smallest absolute Gasteiger partial charge is 0.319 e. The van der Waals surface area contributed by atoms with Crippen LogP contribution in [0.5, 0.6) is 0 Å². The number of aromatic nitrogens is 2. The first kappa shape index (κ1) is 16.5. The molecule has 0 aromatic carbocycles. The molecule has 1 aromatic rings. The fourth-order valence-electron chi connectivity index (χ4n) is 1.39. The van der Waals surface area contributed by atoms with Crippen molar-refractivity contribution in [1.82, 2.24) is 14.9 Å². The van der Waals surface area contributed by atoms with Gasteiger partial charge in [0.15, 0.2) is 0 Å². The van der Waals surface area contributed by atoms with Gasteiger partial charge < -0.3 is 9.47 Å². The SMILES string of the molecule is COC(=O)CN(CC(=O)Nc1ncccn1)CC(=O)OC. The second-order valence-electron chi connectivity index (χ2n) is 3.92. The summed E-state index contributed by atoms with van der Waals surface area (Å²) in [4.78, 5) is 43.3. The van der Waals surface area contributed by atoms with Gasteiger partial charge in [-0.3, -0.25) is 24.6 Å². The number of esters is 2. The predicted octanol–water partition coefficient (Wildman–Crippen LogP) is -0.937. The van der Waals surface area contributed by atoms with Crippen molar-refractivity contribution in [1.29, 1.82) is 0 Å². The summed E-state index contributed by atoms with van der Waals surface area (Å²) >= 11 is 0. The molecule has 114 valence electrons. The maximum absolute atomic E-state index is 11.8. The zero-order valence-electron chi connectivity index (χ0n) is 11.7. The zero-order chi connectivity index (χ0) is 15.7. The van der Waals surface area contributed by atoms with E-state index in [0.29, 0.717) is 0 Å². The third-order valence-corrected chi connectivity index (χ3v) is 2.34. The van der Waals surface area contributed by atoms with Crippen molar-refractivity contribution in [2.45, 2.75) is 0 Å². The van der Waals surface area contributed by atoms with Gasteiger partial charge in [-0.25, -0.2) is 9.97 Å². The summed E-state index contributed by atoms with van der Waals surface area (Å²) in [7, 11) is 2.44. The third kappa shape index (κ3) is 6.43. The predicted molar refractivity (Wildman–Crippen MR) is 71.1 cm³/mol. The largest absolute Gasteiger partial charge is 0.468 e. The maximum Gasteiger partial charge on any atom is 0.319 e. The Balaban J connectivity index is 2.59. The molecule has 1 amide bonds. The zero-order valence-corrected chi connectivity index (χ0v) is 11.7. The van der Waals surface area contributed by atoms with E-state index in [2.05, 4.69) is 24.8 Å². The van der Waals surface area contributed by atoms with Gasteiger partial charge >= 0.3 is 11.9 Å². The van der Waals surface area contributed by atoms with E-state index in [1.54, 1.807) is 6.07 Å². The first-order valence-corrected chi connectivity index (χ1v) is 5.98. The molecule has 1 N–H and O–H groups in total. The van der Waals surface area contributed by atoms with Gasteiger partial charge in [0.05, 0.1) is 33.9 Å². The van der Waals surface area contributed by atoms with Crippen LogP contribution < -0.4 is 5.32 Å². The molecule has 9 nitrogen and oxygen atoms in total. The minimum absolute atomic E-state index is 0.138. The van der Waals surface area contributed by atoms with Crippen LogP contribution in [0.3, 0.4) is 0 Å². The lowest BCUT2D eigenvalue weighted by Crippen LogP contribution is -2.40. The minimum Gasteiger partial charge on any atom is -0.468 e. The lowest BCUT2D eigenvalue weighted by Gasteiger charge is -2.18. The van der Waals surface area contributed by atoms with Crippen molar-refractivity contribution in [3.8, 4) is 0 Å². The molecule has 1 aromatic heterocycles. The molecule has 0 fully saturated rings. The van der Waals surface area contributed by atoms with E-state index in [9.17, 15) is 14.4 Å². The molecule has 9 heteroatoms. The average Bonchev–Trinajstić information content (AvgIpc) is 2.47. The molecule has 0 saturated heterocycles. The highest BCUT2D eigenvalue weighted by Crippen LogP contribution is 1.97. The van der Waals surface area contributed by atoms with Gasteiger partial charge in [-0.1, -0.05) is 0 Å². The van der Waals surface area contributed by atoms with Gasteiger partial charge in [-0.15, -0.1) is 0 Å². The Labute approximate surface area is 121 Å². The molecule has 0 unspecified atom stereocenters. The topological polar surface area (TPSA) is 111 Å². The molecule has 0 bridgehead atoms. The summed E-state index contributed by atoms with van der Waals surface area (Å²) in [5.41, 5.74) is 0. The standard InChI is InChI=1S/C12H16N4O5/c1-20-10(18)7-16(8-11(19)21-2)6-9(17)15-12-13-4-3-5-14-12/h3-5H,6-8H2,1-2H3,(H,13,14,15,17). The Morgan fingerprint density at radius 3 is 2.05 bits per heavy atom. The molecular formula is C12H16N4O5. The number of nitrogens with zero attached hydrogens (tertiary/aromatic N) is 3. The normalized spacial score (nSPS) is 10.0. The van der Waals surface area contributed by atoms with E-state index >= 15 is 0 Å². The van der Waals surface area contributed by atoms with Crippen molar-refractivity contribution in [2.24, 2.45) is 0 Å². The molecule has 1 rings (SSSR count). The molecule has 1 heterocycles. The van der Waals surface area contributed by atoms with E-state index < -0.39 is 17.8 Å². The van der Waals surface area contributed by atoms with Crippen LogP contribution in [0, 0.1) is 0 Å². The van der Waals surface area contributed by atoms with E-state index in [-0.39, 0.29) is 25.6 Å². The molecule has 0 atom stereocenters. The quantitative estimate of drug-likeness (QED) is 0.642. The highest BCUT2D eigenvalue weighted by molar-refractivity contribution is 5.91. The Kier molecular flexibility index (Phi) is 6.75. The van der Waals surface area contributed by atoms with Crippen LogP contribution in [0.4, 0.5) is 5.95 Å². The van der Waals surface area contributed by atoms with Crippen LogP contribution in [-0.2, 0) is 23.9 Å². The molecule has 0 radical (unpaired) electrons. The molecule has 21 heavy (non-hydrogen) atoms. The monoisotopic (exact) mass is 296 g/mol. The second kappa shape index (κ2) is 8.59. The number of carbonyl (C=O) groups excluding carboxylic acids is 3. The van der Waals surface area contributed by atoms with Crippen molar-refractivity contribution >= 4 is 23.8 Å². The van der Waals surface area contributed by atoms with E-state index in [4.69, 9.17) is 0 Å². The van der Waals surface area contributed by atoms with Crippen molar-refractivity contribution < 1.29 is 23.9 Å². The number of methoxy groups -OCH3 is 2. The summed E-state index contributed by atoms with van der Waals surface area (Å²) in [6.45, 7) is -0.633. The third-order valence-electron chi connectivity index (χ3n) is 2.34. The number of rotatable bonds is 7. The highest BCUT2D eigenvalue weighted by atomic mass is 16.5. The van der Waals surface area contributed by atoms with Gasteiger partial charge in [-0.05, 0) is 6.07 Å². The summed E-state index contributed by atoms with van der Waals surface area (Å²) in [5.74, 6) is -1.46. The molecule has 0 spiro atoms. The van der Waals surface area contributed by atoms with Crippen LogP contribution in [0.25, 0.3) is 0 Å². The van der Waals surface area contributed by atoms with E-state index in [1.165, 1.54) is 31.5 Å². The van der Waals surface area contributed by atoms with Gasteiger partial charge in [0.2, 0.25) is 11.9 Å². The summed E-state index contributed by atoms with van der Waals surface area (Å²) in [6.07, 6.45) is 2.95. The number of hydrogen-bond acceptors (Lipinski definition) is 8. The van der Waals surface area contributed by atoms with Crippen LogP contribution >= 0.6 is 0 Å². The first-order chi connectivity index (χ1) is 10.0. The van der Waals surface area contributed by atoms with Crippen LogP contribution in [-0.4, -0.2) is 66.6 Å². The summed E-state index contributed by atoms with van der Waals surface area (Å²) in [5, 5.41) is 2.45. The number of carbonyl (C=O) groups is 3. The van der Waals surface area contributed by atoms with Crippen molar-refractivity contribution in [3.63, 3.8) is 0 Å². The van der Waals surface area contributed by atoms with E-state index in [1.807, 2.05) is 0 Å². The van der Waals surface area contributed by atoms with Gasteiger partial charge in [0.25, 0.3) is 0 Å². The Hall–Kier alpha value is -2.55. The lowest BCUT2D eigenvalue weighted by atomic mass is 10.4. The van der Waals surface area contributed by atoms with Crippen molar-refractivity contribution in [3.05, 3.63) is 18.5 Å². The molecule has 0 aliphatic heterocycles. The highest BCUT2D eigenvalue weighted by Gasteiger charge is 2.18. The molecule has 0 aliphatic rings. The summed E-state index contributed by atoms with van der Waals surface area (Å²) < 4.78 is 9.01. The molecule has 0 aliphatic carbocycles. The first-order valence-electron chi connectivity index (χ1n) is 5.98.